The molecule has 0 aliphatic carbocycles. The molecule has 0 aliphatic heterocycles. The van der Waals surface area contributed by atoms with Gasteiger partial charge in [0.25, 0.3) is 5.91 Å². The summed E-state index contributed by atoms with van der Waals surface area (Å²) in [5.74, 6) is -3.38. The summed E-state index contributed by atoms with van der Waals surface area (Å²) >= 11 is 0. The Hall–Kier alpha value is -2.65. The molecule has 0 radical (unpaired) electrons. The zero-order chi connectivity index (χ0) is 22.5. The molecule has 0 aromatic heterocycles. The Morgan fingerprint density at radius 2 is 1.70 bits per heavy atom. The SMILES string of the molecule is COc1ccc(S(=O)(=O)NCC(NS(=O)(=O)c2ccc(F)cc2F)C(=O)NO)cc1. The lowest BCUT2D eigenvalue weighted by Gasteiger charge is -2.18. The molecule has 164 valence electrons. The number of amides is 1. The number of carbonyl (C=O) groups excluding carboxylic acids is 1. The molecule has 0 spiro atoms. The first-order valence-electron chi connectivity index (χ1n) is 8.05. The van der Waals surface area contributed by atoms with Crippen LogP contribution in [0.4, 0.5) is 8.78 Å². The summed E-state index contributed by atoms with van der Waals surface area (Å²) in [6.45, 7) is -0.831. The standard InChI is InChI=1S/C16H17F2N3O7S2/c1-28-11-3-5-12(6-4-11)29(24,25)19-9-14(16(22)20-23)21-30(26,27)15-7-2-10(17)8-13(15)18/h2-8,14,19,21,23H,9H2,1H3,(H,20,22). The number of methoxy groups -OCH3 is 1. The largest absolute Gasteiger partial charge is 0.497 e. The van der Waals surface area contributed by atoms with Crippen molar-refractivity contribution in [3.05, 3.63) is 54.1 Å². The van der Waals surface area contributed by atoms with Crippen molar-refractivity contribution in [2.75, 3.05) is 13.7 Å². The van der Waals surface area contributed by atoms with Crippen molar-refractivity contribution in [2.45, 2.75) is 15.8 Å². The molecule has 1 unspecified atom stereocenters. The fourth-order valence-electron chi connectivity index (χ4n) is 2.24. The number of sulfonamides is 2. The summed E-state index contributed by atoms with van der Waals surface area (Å²) in [5, 5.41) is 8.82. The van der Waals surface area contributed by atoms with Gasteiger partial charge in [-0.3, -0.25) is 10.0 Å². The lowest BCUT2D eigenvalue weighted by Crippen LogP contribution is -2.52. The van der Waals surface area contributed by atoms with E-state index < -0.39 is 55.1 Å². The van der Waals surface area contributed by atoms with Gasteiger partial charge in [0.05, 0.1) is 12.0 Å². The molecule has 1 amide bonds. The fourth-order valence-corrected chi connectivity index (χ4v) is 4.54. The molecular weight excluding hydrogens is 448 g/mol. The Morgan fingerprint density at radius 3 is 2.23 bits per heavy atom. The highest BCUT2D eigenvalue weighted by Gasteiger charge is 2.29. The molecule has 2 aromatic rings. The van der Waals surface area contributed by atoms with Gasteiger partial charge in [0.15, 0.2) is 0 Å². The third-order valence-electron chi connectivity index (χ3n) is 3.75. The summed E-state index contributed by atoms with van der Waals surface area (Å²) < 4.78 is 84.8. The number of carbonyl (C=O) groups is 1. The molecule has 0 saturated heterocycles. The van der Waals surface area contributed by atoms with E-state index in [4.69, 9.17) is 9.94 Å². The molecule has 10 nitrogen and oxygen atoms in total. The average molecular weight is 465 g/mol. The van der Waals surface area contributed by atoms with Gasteiger partial charge in [-0.05, 0) is 36.4 Å². The van der Waals surface area contributed by atoms with Crippen LogP contribution >= 0.6 is 0 Å². The molecule has 2 aromatic carbocycles. The number of hydrogen-bond acceptors (Lipinski definition) is 7. The quantitative estimate of drug-likeness (QED) is 0.303. The van der Waals surface area contributed by atoms with E-state index in [1.165, 1.54) is 36.9 Å². The number of nitrogens with one attached hydrogen (secondary N) is 3. The zero-order valence-electron chi connectivity index (χ0n) is 15.3. The Morgan fingerprint density at radius 1 is 1.07 bits per heavy atom. The second kappa shape index (κ2) is 9.44. The molecule has 14 heteroatoms. The summed E-state index contributed by atoms with van der Waals surface area (Å²) in [6.07, 6.45) is 0. The van der Waals surface area contributed by atoms with Crippen LogP contribution in [-0.4, -0.2) is 47.6 Å². The van der Waals surface area contributed by atoms with Crippen LogP contribution in [0.1, 0.15) is 0 Å². The minimum atomic E-state index is -4.72. The van der Waals surface area contributed by atoms with Gasteiger partial charge in [0.2, 0.25) is 20.0 Å². The van der Waals surface area contributed by atoms with Crippen LogP contribution < -0.4 is 19.7 Å². The minimum absolute atomic E-state index is 0.209. The molecule has 2 rings (SSSR count). The second-order valence-electron chi connectivity index (χ2n) is 5.75. The normalized spacial score (nSPS) is 12.9. The van der Waals surface area contributed by atoms with Gasteiger partial charge >= 0.3 is 0 Å². The maximum Gasteiger partial charge on any atom is 0.262 e. The monoisotopic (exact) mass is 465 g/mol. The molecule has 30 heavy (non-hydrogen) atoms. The molecule has 0 heterocycles. The molecule has 1 atom stereocenters. The van der Waals surface area contributed by atoms with E-state index in [-0.39, 0.29) is 4.90 Å². The second-order valence-corrected chi connectivity index (χ2v) is 9.20. The Bertz CT molecular complexity index is 1120. The molecular formula is C16H17F2N3O7S2. The number of benzene rings is 2. The van der Waals surface area contributed by atoms with Crippen LogP contribution in [-0.2, 0) is 24.8 Å². The van der Waals surface area contributed by atoms with Crippen molar-refractivity contribution < 1.29 is 40.4 Å². The first-order valence-corrected chi connectivity index (χ1v) is 11.0. The Labute approximate surface area is 170 Å². The lowest BCUT2D eigenvalue weighted by atomic mass is 10.3. The number of rotatable bonds is 9. The topological polar surface area (TPSA) is 151 Å². The van der Waals surface area contributed by atoms with Crippen LogP contribution in [0.25, 0.3) is 0 Å². The summed E-state index contributed by atoms with van der Waals surface area (Å²) in [5.41, 5.74) is 1.18. The van der Waals surface area contributed by atoms with Crippen LogP contribution in [0.15, 0.2) is 52.3 Å². The summed E-state index contributed by atoms with van der Waals surface area (Å²) in [4.78, 5) is 10.6. The van der Waals surface area contributed by atoms with Crippen LogP contribution in [0.2, 0.25) is 0 Å². The van der Waals surface area contributed by atoms with Crippen molar-refractivity contribution in [3.63, 3.8) is 0 Å². The van der Waals surface area contributed by atoms with Crippen molar-refractivity contribution >= 4 is 26.0 Å². The smallest absolute Gasteiger partial charge is 0.262 e. The maximum absolute atomic E-state index is 13.8. The zero-order valence-corrected chi connectivity index (χ0v) is 16.9. The molecule has 0 aliphatic rings. The number of hydrogen-bond donors (Lipinski definition) is 4. The van der Waals surface area contributed by atoms with Crippen molar-refractivity contribution in [3.8, 4) is 5.75 Å². The Kier molecular flexibility index (Phi) is 7.44. The summed E-state index contributed by atoms with van der Waals surface area (Å²) in [7, 11) is -7.52. The first kappa shape index (κ1) is 23.6. The van der Waals surface area contributed by atoms with Crippen molar-refractivity contribution in [2.24, 2.45) is 0 Å². The van der Waals surface area contributed by atoms with E-state index in [0.717, 1.165) is 0 Å². The number of halogens is 2. The Balaban J connectivity index is 2.22. The number of ether oxygens (including phenoxy) is 1. The van der Waals surface area contributed by atoms with Crippen LogP contribution in [0.3, 0.4) is 0 Å². The minimum Gasteiger partial charge on any atom is -0.497 e. The molecule has 0 fully saturated rings. The van der Waals surface area contributed by atoms with Gasteiger partial charge in [0, 0.05) is 12.6 Å². The van der Waals surface area contributed by atoms with E-state index in [0.29, 0.717) is 23.9 Å². The summed E-state index contributed by atoms with van der Waals surface area (Å²) in [6, 6.07) is 4.92. The molecule has 0 saturated carbocycles. The first-order chi connectivity index (χ1) is 14.0. The van der Waals surface area contributed by atoms with Gasteiger partial charge in [-0.15, -0.1) is 0 Å². The third-order valence-corrected chi connectivity index (χ3v) is 6.70. The van der Waals surface area contributed by atoms with Crippen LogP contribution in [0, 0.1) is 11.6 Å². The predicted octanol–water partition coefficient (Wildman–Crippen LogP) is 0.104. The van der Waals surface area contributed by atoms with E-state index in [2.05, 4.69) is 0 Å². The van der Waals surface area contributed by atoms with E-state index in [1.807, 2.05) is 4.72 Å². The molecule has 4 N–H and O–H groups in total. The van der Waals surface area contributed by atoms with Crippen molar-refractivity contribution in [1.82, 2.24) is 14.9 Å². The highest BCUT2D eigenvalue weighted by Crippen LogP contribution is 2.17. The van der Waals surface area contributed by atoms with Gasteiger partial charge in [0.1, 0.15) is 28.3 Å². The van der Waals surface area contributed by atoms with Gasteiger partial charge in [-0.1, -0.05) is 0 Å². The van der Waals surface area contributed by atoms with E-state index in [1.54, 1.807) is 4.72 Å². The fraction of sp³-hybridized carbons (Fsp3) is 0.188. The number of hydroxylamine groups is 1. The highest BCUT2D eigenvalue weighted by atomic mass is 32.2. The van der Waals surface area contributed by atoms with E-state index in [9.17, 15) is 30.4 Å². The van der Waals surface area contributed by atoms with Gasteiger partial charge in [-0.2, -0.15) is 4.72 Å². The van der Waals surface area contributed by atoms with Gasteiger partial charge < -0.3 is 4.74 Å². The van der Waals surface area contributed by atoms with Crippen LogP contribution in [0.5, 0.6) is 5.75 Å². The third kappa shape index (κ3) is 5.70. The highest BCUT2D eigenvalue weighted by molar-refractivity contribution is 7.90. The van der Waals surface area contributed by atoms with Crippen molar-refractivity contribution in [1.29, 1.82) is 0 Å². The maximum atomic E-state index is 13.8. The molecule has 0 bridgehead atoms. The van der Waals surface area contributed by atoms with E-state index >= 15 is 0 Å². The average Bonchev–Trinajstić information content (AvgIpc) is 2.70. The van der Waals surface area contributed by atoms with Gasteiger partial charge in [-0.25, -0.2) is 35.8 Å². The lowest BCUT2D eigenvalue weighted by molar-refractivity contribution is -0.130. The predicted molar refractivity (Wildman–Crippen MR) is 98.6 cm³/mol.